The SMILES string of the molecule is CCC1OC(=O)C[C@@H](O)[C@H](C)[C@@H](OC2OC(C)C(O)C(N(C)C)C2O)[C@@H](C)C[C@](C)(O/C=C/Cc2cnc3ccccc3c2)C(=O)/C=C/C(C)=C/C1CO. The summed E-state index contributed by atoms with van der Waals surface area (Å²) < 4.78 is 24.6. The zero-order valence-electron chi connectivity index (χ0n) is 32.9. The van der Waals surface area contributed by atoms with Crippen LogP contribution < -0.4 is 0 Å². The number of para-hydroxylation sites is 1. The molecular weight excluding hydrogens is 692 g/mol. The zero-order valence-corrected chi connectivity index (χ0v) is 32.9. The Hall–Kier alpha value is -3.49. The maximum Gasteiger partial charge on any atom is 0.308 e. The van der Waals surface area contributed by atoms with E-state index in [0.29, 0.717) is 18.4 Å². The van der Waals surface area contributed by atoms with Gasteiger partial charge in [-0.05, 0) is 89.9 Å². The molecule has 12 nitrogen and oxygen atoms in total. The summed E-state index contributed by atoms with van der Waals surface area (Å²) in [5.74, 6) is -2.73. The molecule has 1 saturated heterocycles. The Morgan fingerprint density at radius 3 is 2.48 bits per heavy atom. The fourth-order valence-corrected chi connectivity index (χ4v) is 7.54. The lowest BCUT2D eigenvalue weighted by atomic mass is 9.80. The zero-order chi connectivity index (χ0) is 39.7. The second-order valence-electron chi connectivity index (χ2n) is 15.4. The third kappa shape index (κ3) is 10.8. The van der Waals surface area contributed by atoms with Gasteiger partial charge in [-0.2, -0.15) is 0 Å². The highest BCUT2D eigenvalue weighted by molar-refractivity contribution is 5.97. The topological polar surface area (TPSA) is 168 Å². The number of ketones is 1. The molecule has 1 fully saturated rings. The van der Waals surface area contributed by atoms with Crippen molar-refractivity contribution in [3.05, 3.63) is 78.2 Å². The van der Waals surface area contributed by atoms with Crippen molar-refractivity contribution in [2.45, 2.75) is 122 Å². The van der Waals surface area contributed by atoms with Gasteiger partial charge in [-0.3, -0.25) is 14.6 Å². The Morgan fingerprint density at radius 2 is 1.80 bits per heavy atom. The number of hydrogen-bond acceptors (Lipinski definition) is 12. The molecule has 298 valence electrons. The maximum absolute atomic E-state index is 14.1. The van der Waals surface area contributed by atoms with E-state index in [2.05, 4.69) is 11.1 Å². The summed E-state index contributed by atoms with van der Waals surface area (Å²) in [6.07, 6.45) is 3.79. The van der Waals surface area contributed by atoms with Crippen LogP contribution in [-0.4, -0.2) is 117 Å². The van der Waals surface area contributed by atoms with E-state index in [1.165, 1.54) is 12.3 Å². The molecule has 0 radical (unpaired) electrons. The number of aromatic nitrogens is 1. The van der Waals surface area contributed by atoms with E-state index in [9.17, 15) is 30.0 Å². The van der Waals surface area contributed by atoms with Gasteiger partial charge in [0.25, 0.3) is 0 Å². The third-order valence-corrected chi connectivity index (χ3v) is 10.8. The first-order valence-electron chi connectivity index (χ1n) is 19.0. The number of allylic oxidation sites excluding steroid dienone is 3. The monoisotopic (exact) mass is 752 g/mol. The van der Waals surface area contributed by atoms with Crippen LogP contribution in [0.3, 0.4) is 0 Å². The second-order valence-corrected chi connectivity index (χ2v) is 15.4. The number of fused-ring (bicyclic) bond motifs is 1. The minimum absolute atomic E-state index is 0.113. The van der Waals surface area contributed by atoms with Crippen LogP contribution in [0.4, 0.5) is 0 Å². The summed E-state index contributed by atoms with van der Waals surface area (Å²) in [6, 6.07) is 9.20. The molecule has 0 bridgehead atoms. The van der Waals surface area contributed by atoms with Crippen molar-refractivity contribution in [1.29, 1.82) is 0 Å². The van der Waals surface area contributed by atoms with Crippen molar-refractivity contribution in [3.8, 4) is 0 Å². The molecule has 2 aromatic rings. The van der Waals surface area contributed by atoms with Crippen LogP contribution in [0.15, 0.2) is 72.7 Å². The van der Waals surface area contributed by atoms with Crippen LogP contribution in [-0.2, 0) is 35.0 Å². The van der Waals surface area contributed by atoms with Gasteiger partial charge in [0.2, 0.25) is 0 Å². The summed E-state index contributed by atoms with van der Waals surface area (Å²) >= 11 is 0. The van der Waals surface area contributed by atoms with Gasteiger partial charge in [-0.25, -0.2) is 0 Å². The molecule has 1 aromatic carbocycles. The predicted octanol–water partition coefficient (Wildman–Crippen LogP) is 4.28. The number of benzene rings is 1. The molecule has 2 aliphatic rings. The van der Waals surface area contributed by atoms with Crippen molar-refractivity contribution in [2.75, 3.05) is 20.7 Å². The lowest BCUT2D eigenvalue weighted by molar-refractivity contribution is -0.304. The van der Waals surface area contributed by atoms with Crippen molar-refractivity contribution >= 4 is 22.7 Å². The number of aliphatic hydroxyl groups excluding tert-OH is 4. The number of esters is 1. The lowest BCUT2D eigenvalue weighted by Crippen LogP contribution is -2.63. The van der Waals surface area contributed by atoms with Gasteiger partial charge in [0, 0.05) is 23.4 Å². The number of ether oxygens (including phenoxy) is 4. The first kappa shape index (κ1) is 43.2. The number of cyclic esters (lactones) is 1. The normalized spacial score (nSPS) is 36.5. The highest BCUT2D eigenvalue weighted by Crippen LogP contribution is 2.35. The molecule has 7 unspecified atom stereocenters. The lowest BCUT2D eigenvalue weighted by Gasteiger charge is -2.46. The first-order chi connectivity index (χ1) is 25.6. The summed E-state index contributed by atoms with van der Waals surface area (Å²) in [4.78, 5) is 33.6. The van der Waals surface area contributed by atoms with Gasteiger partial charge in [-0.1, -0.05) is 56.7 Å². The molecule has 4 N–H and O–H groups in total. The molecule has 0 aliphatic carbocycles. The van der Waals surface area contributed by atoms with Gasteiger partial charge >= 0.3 is 5.97 Å². The molecule has 3 heterocycles. The highest BCUT2D eigenvalue weighted by Gasteiger charge is 2.48. The van der Waals surface area contributed by atoms with Gasteiger partial charge < -0.3 is 44.3 Å². The molecule has 2 aliphatic heterocycles. The number of carbonyl (C=O) groups is 2. The van der Waals surface area contributed by atoms with Crippen molar-refractivity contribution in [2.24, 2.45) is 17.8 Å². The third-order valence-electron chi connectivity index (χ3n) is 10.8. The Bertz CT molecular complexity index is 1640. The highest BCUT2D eigenvalue weighted by atomic mass is 16.7. The molecular formula is C42H60N2O10. The van der Waals surface area contributed by atoms with Crippen molar-refractivity contribution in [3.63, 3.8) is 0 Å². The molecule has 0 saturated carbocycles. The Labute approximate surface area is 319 Å². The van der Waals surface area contributed by atoms with E-state index in [1.54, 1.807) is 65.0 Å². The fourth-order valence-electron chi connectivity index (χ4n) is 7.54. The number of nitrogens with zero attached hydrogens (tertiary/aromatic N) is 2. The Morgan fingerprint density at radius 1 is 1.07 bits per heavy atom. The summed E-state index contributed by atoms with van der Waals surface area (Å²) in [6.45, 7) is 10.3. The van der Waals surface area contributed by atoms with E-state index in [-0.39, 0.29) is 25.2 Å². The number of pyridine rings is 1. The quantitative estimate of drug-likeness (QED) is 0.213. The molecule has 0 spiro atoms. The van der Waals surface area contributed by atoms with Gasteiger partial charge in [-0.15, -0.1) is 0 Å². The fraction of sp³-hybridized carbons (Fsp3) is 0.595. The van der Waals surface area contributed by atoms with Crippen LogP contribution in [0.1, 0.15) is 66.4 Å². The number of aliphatic hydroxyl groups is 4. The minimum atomic E-state index is -1.42. The number of hydrogen-bond donors (Lipinski definition) is 4. The van der Waals surface area contributed by atoms with E-state index in [4.69, 9.17) is 18.9 Å². The largest absolute Gasteiger partial charge is 0.487 e. The summed E-state index contributed by atoms with van der Waals surface area (Å²) in [5.41, 5.74) is 1.13. The van der Waals surface area contributed by atoms with E-state index in [1.807, 2.05) is 44.2 Å². The first-order valence-corrected chi connectivity index (χ1v) is 19.0. The molecule has 1 aromatic heterocycles. The number of rotatable bonds is 9. The predicted molar refractivity (Wildman–Crippen MR) is 205 cm³/mol. The minimum Gasteiger partial charge on any atom is -0.487 e. The maximum atomic E-state index is 14.1. The standard InChI is InChI=1S/C42H60N2O10/c1-9-34-31(24-45)19-25(2)16-17-35(47)42(6,51-18-12-13-29-20-30-14-10-11-15-32(30)43-23-29)22-26(3)40(27(4)33(46)21-36(48)53-34)54-41-39(50)37(44(7)8)38(49)28(5)52-41/h10-12,14-20,23,26-28,31,33-34,37-41,45-46,49-50H,9,13,21-22,24H2,1-8H3/b17-16+,18-12+,25-19+/t26-,27-,28?,31?,33+,34?,37?,38?,39?,40-,41?,42-/m0/s1. The smallest absolute Gasteiger partial charge is 0.308 e. The Kier molecular flexibility index (Phi) is 15.5. The summed E-state index contributed by atoms with van der Waals surface area (Å²) in [7, 11) is 3.49. The van der Waals surface area contributed by atoms with Gasteiger partial charge in [0.1, 0.15) is 12.2 Å². The number of carbonyl (C=O) groups excluding carboxylic acids is 2. The average Bonchev–Trinajstić information content (AvgIpc) is 3.13. The van der Waals surface area contributed by atoms with Crippen LogP contribution in [0.2, 0.25) is 0 Å². The molecule has 0 amide bonds. The number of likely N-dealkylation sites (N-methyl/N-ethyl adjacent to an activating group) is 1. The average molecular weight is 753 g/mol. The van der Waals surface area contributed by atoms with Gasteiger partial charge in [0.05, 0.1) is 55.3 Å². The van der Waals surface area contributed by atoms with Crippen LogP contribution >= 0.6 is 0 Å². The van der Waals surface area contributed by atoms with Crippen LogP contribution in [0, 0.1) is 17.8 Å². The van der Waals surface area contributed by atoms with Crippen molar-refractivity contribution < 1.29 is 49.0 Å². The van der Waals surface area contributed by atoms with Crippen LogP contribution in [0.5, 0.6) is 0 Å². The molecule has 4 rings (SSSR count). The van der Waals surface area contributed by atoms with Gasteiger partial charge in [0.15, 0.2) is 17.7 Å². The summed E-state index contributed by atoms with van der Waals surface area (Å²) in [5, 5.41) is 45.0. The molecule has 12 atom stereocenters. The van der Waals surface area contributed by atoms with E-state index < -0.39 is 78.3 Å². The van der Waals surface area contributed by atoms with Crippen molar-refractivity contribution in [1.82, 2.24) is 9.88 Å². The molecule has 54 heavy (non-hydrogen) atoms. The second kappa shape index (κ2) is 19.4. The Balaban J connectivity index is 1.70. The van der Waals surface area contributed by atoms with E-state index in [0.717, 1.165) is 16.5 Å². The molecule has 12 heteroatoms. The van der Waals surface area contributed by atoms with E-state index >= 15 is 0 Å². The van der Waals surface area contributed by atoms with Crippen LogP contribution in [0.25, 0.3) is 10.9 Å².